The molecule has 0 aliphatic carbocycles. The molecule has 0 saturated heterocycles. The van der Waals surface area contributed by atoms with E-state index in [9.17, 15) is 9.59 Å². The number of rotatable bonds is 8. The number of hydrogen-bond donors (Lipinski definition) is 2. The number of nitrogens with zero attached hydrogens (tertiary/aromatic N) is 1. The van der Waals surface area contributed by atoms with Gasteiger partial charge in [0.1, 0.15) is 5.69 Å². The average molecular weight is 361 g/mol. The molecular formula is C18H23N3O3S. The number of thiazole rings is 1. The number of esters is 1. The van der Waals surface area contributed by atoms with E-state index in [1.54, 1.807) is 19.2 Å². The maximum atomic E-state index is 12.5. The van der Waals surface area contributed by atoms with Crippen LogP contribution in [-0.4, -0.2) is 29.5 Å². The molecule has 6 nitrogen and oxygen atoms in total. The largest absolute Gasteiger partial charge is 0.463 e. The lowest BCUT2D eigenvalue weighted by atomic mass is 10.0. The minimum absolute atomic E-state index is 0.0632. The smallest absolute Gasteiger partial charge is 0.308 e. The Bertz CT molecular complexity index is 701. The second kappa shape index (κ2) is 9.29. The number of hydrogen-bond acceptors (Lipinski definition) is 6. The normalized spacial score (nSPS) is 12.0. The summed E-state index contributed by atoms with van der Waals surface area (Å²) >= 11 is 1.40. The van der Waals surface area contributed by atoms with Crippen molar-refractivity contribution in [3.63, 3.8) is 0 Å². The lowest BCUT2D eigenvalue weighted by molar-refractivity contribution is -0.147. The van der Waals surface area contributed by atoms with Crippen molar-refractivity contribution in [2.45, 2.75) is 38.8 Å². The molecule has 1 unspecified atom stereocenters. The van der Waals surface area contributed by atoms with Crippen LogP contribution >= 0.6 is 11.3 Å². The number of benzene rings is 1. The molecule has 1 aromatic heterocycles. The van der Waals surface area contributed by atoms with Gasteiger partial charge < -0.3 is 15.8 Å². The van der Waals surface area contributed by atoms with Gasteiger partial charge in [-0.05, 0) is 26.0 Å². The SMILES string of the molecule is CC(C)OC(=O)CC(NC(=O)c1csc(CCN)n1)c1ccccc1. The maximum Gasteiger partial charge on any atom is 0.308 e. The van der Waals surface area contributed by atoms with E-state index in [1.807, 2.05) is 30.3 Å². The molecule has 25 heavy (non-hydrogen) atoms. The summed E-state index contributed by atoms with van der Waals surface area (Å²) in [6, 6.07) is 8.88. The Morgan fingerprint density at radius 1 is 1.28 bits per heavy atom. The molecule has 0 aliphatic rings. The van der Waals surface area contributed by atoms with Crippen molar-refractivity contribution in [1.29, 1.82) is 0 Å². The van der Waals surface area contributed by atoms with Crippen molar-refractivity contribution in [1.82, 2.24) is 10.3 Å². The zero-order chi connectivity index (χ0) is 18.2. The molecule has 2 rings (SSSR count). The van der Waals surface area contributed by atoms with Crippen molar-refractivity contribution in [2.75, 3.05) is 6.54 Å². The summed E-state index contributed by atoms with van der Waals surface area (Å²) in [4.78, 5) is 28.8. The van der Waals surface area contributed by atoms with Gasteiger partial charge in [0.25, 0.3) is 5.91 Å². The van der Waals surface area contributed by atoms with Gasteiger partial charge in [-0.1, -0.05) is 30.3 Å². The molecule has 0 spiro atoms. The fourth-order valence-corrected chi connectivity index (χ4v) is 3.10. The first-order valence-electron chi connectivity index (χ1n) is 8.19. The molecule has 3 N–H and O–H groups in total. The fourth-order valence-electron chi connectivity index (χ4n) is 2.30. The zero-order valence-corrected chi connectivity index (χ0v) is 15.2. The predicted octanol–water partition coefficient (Wildman–Crippen LogP) is 2.46. The molecule has 7 heteroatoms. The van der Waals surface area contributed by atoms with Crippen LogP contribution in [0.4, 0.5) is 0 Å². The van der Waals surface area contributed by atoms with E-state index in [0.717, 1.165) is 10.6 Å². The number of carbonyl (C=O) groups excluding carboxylic acids is 2. The van der Waals surface area contributed by atoms with Gasteiger partial charge in [-0.25, -0.2) is 4.98 Å². The second-order valence-corrected chi connectivity index (χ2v) is 6.79. The molecule has 134 valence electrons. The molecule has 0 radical (unpaired) electrons. The van der Waals surface area contributed by atoms with Crippen LogP contribution in [0.2, 0.25) is 0 Å². The number of nitrogens with one attached hydrogen (secondary N) is 1. The standard InChI is InChI=1S/C18H23N3O3S/c1-12(2)24-17(22)10-14(13-6-4-3-5-7-13)21-18(23)15-11-25-16(20-15)8-9-19/h3-7,11-12,14H,8-10,19H2,1-2H3,(H,21,23). The van der Waals surface area contributed by atoms with Crippen molar-refractivity contribution in [3.8, 4) is 0 Å². The Hall–Kier alpha value is -2.25. The van der Waals surface area contributed by atoms with Crippen LogP contribution in [0.1, 0.15) is 47.4 Å². The summed E-state index contributed by atoms with van der Waals surface area (Å²) in [5.41, 5.74) is 6.69. The Labute approximate surface area is 151 Å². The zero-order valence-electron chi connectivity index (χ0n) is 14.4. The van der Waals surface area contributed by atoms with Crippen LogP contribution in [0.15, 0.2) is 35.7 Å². The number of ether oxygens (including phenoxy) is 1. The van der Waals surface area contributed by atoms with E-state index in [0.29, 0.717) is 18.7 Å². The first-order chi connectivity index (χ1) is 12.0. The predicted molar refractivity (Wildman–Crippen MR) is 97.4 cm³/mol. The van der Waals surface area contributed by atoms with Gasteiger partial charge >= 0.3 is 5.97 Å². The Kier molecular flexibility index (Phi) is 7.09. The van der Waals surface area contributed by atoms with Gasteiger partial charge in [-0.3, -0.25) is 9.59 Å². The molecule has 1 aromatic carbocycles. The quantitative estimate of drug-likeness (QED) is 0.704. The first-order valence-corrected chi connectivity index (χ1v) is 9.07. The minimum atomic E-state index is -0.473. The Morgan fingerprint density at radius 3 is 2.64 bits per heavy atom. The number of carbonyl (C=O) groups is 2. The molecule has 2 aromatic rings. The third-order valence-corrected chi connectivity index (χ3v) is 4.30. The molecule has 0 bridgehead atoms. The summed E-state index contributed by atoms with van der Waals surface area (Å²) < 4.78 is 5.21. The molecule has 0 fully saturated rings. The highest BCUT2D eigenvalue weighted by atomic mass is 32.1. The highest BCUT2D eigenvalue weighted by Crippen LogP contribution is 2.19. The van der Waals surface area contributed by atoms with Crippen LogP contribution in [0.3, 0.4) is 0 Å². The van der Waals surface area contributed by atoms with E-state index in [-0.39, 0.29) is 24.4 Å². The van der Waals surface area contributed by atoms with E-state index in [4.69, 9.17) is 10.5 Å². The van der Waals surface area contributed by atoms with Crippen LogP contribution in [0, 0.1) is 0 Å². The lowest BCUT2D eigenvalue weighted by Crippen LogP contribution is -2.31. The van der Waals surface area contributed by atoms with Gasteiger partial charge in [0.15, 0.2) is 0 Å². The fraction of sp³-hybridized carbons (Fsp3) is 0.389. The summed E-state index contributed by atoms with van der Waals surface area (Å²) in [5.74, 6) is -0.669. The van der Waals surface area contributed by atoms with Gasteiger partial charge in [0.2, 0.25) is 0 Å². The van der Waals surface area contributed by atoms with E-state index in [2.05, 4.69) is 10.3 Å². The number of amides is 1. The van der Waals surface area contributed by atoms with Gasteiger partial charge in [0.05, 0.1) is 23.6 Å². The van der Waals surface area contributed by atoms with Crippen LogP contribution in [0.5, 0.6) is 0 Å². The minimum Gasteiger partial charge on any atom is -0.463 e. The third-order valence-electron chi connectivity index (χ3n) is 3.39. The molecule has 0 saturated carbocycles. The summed E-state index contributed by atoms with van der Waals surface area (Å²) in [6.45, 7) is 4.08. The topological polar surface area (TPSA) is 94.3 Å². The van der Waals surface area contributed by atoms with Crippen LogP contribution in [-0.2, 0) is 16.0 Å². The number of aromatic nitrogens is 1. The maximum absolute atomic E-state index is 12.5. The van der Waals surface area contributed by atoms with E-state index >= 15 is 0 Å². The Morgan fingerprint density at radius 2 is 2.00 bits per heavy atom. The highest BCUT2D eigenvalue weighted by Gasteiger charge is 2.21. The van der Waals surface area contributed by atoms with Gasteiger partial charge in [-0.15, -0.1) is 11.3 Å². The first kappa shape index (κ1) is 19.1. The molecular weight excluding hydrogens is 338 g/mol. The summed E-state index contributed by atoms with van der Waals surface area (Å²) in [6.07, 6.45) is 0.506. The molecule has 1 amide bonds. The molecule has 1 heterocycles. The van der Waals surface area contributed by atoms with E-state index < -0.39 is 6.04 Å². The lowest BCUT2D eigenvalue weighted by Gasteiger charge is -2.19. The van der Waals surface area contributed by atoms with Crippen molar-refractivity contribution in [2.24, 2.45) is 5.73 Å². The molecule has 0 aliphatic heterocycles. The van der Waals surface area contributed by atoms with Crippen LogP contribution < -0.4 is 11.1 Å². The summed E-state index contributed by atoms with van der Waals surface area (Å²) in [5, 5.41) is 5.41. The monoisotopic (exact) mass is 361 g/mol. The number of nitrogens with two attached hydrogens (primary N) is 1. The van der Waals surface area contributed by atoms with Crippen molar-refractivity contribution >= 4 is 23.2 Å². The summed E-state index contributed by atoms with van der Waals surface area (Å²) in [7, 11) is 0. The molecule has 1 atom stereocenters. The van der Waals surface area contributed by atoms with Crippen molar-refractivity contribution < 1.29 is 14.3 Å². The van der Waals surface area contributed by atoms with Crippen LogP contribution in [0.25, 0.3) is 0 Å². The third kappa shape index (κ3) is 5.95. The van der Waals surface area contributed by atoms with E-state index in [1.165, 1.54) is 11.3 Å². The van der Waals surface area contributed by atoms with Gasteiger partial charge in [0, 0.05) is 11.8 Å². The van der Waals surface area contributed by atoms with Gasteiger partial charge in [-0.2, -0.15) is 0 Å². The average Bonchev–Trinajstić information content (AvgIpc) is 3.03. The Balaban J connectivity index is 2.11. The van der Waals surface area contributed by atoms with Crippen molar-refractivity contribution in [3.05, 3.63) is 52.0 Å². The highest BCUT2D eigenvalue weighted by molar-refractivity contribution is 7.09. The second-order valence-electron chi connectivity index (χ2n) is 5.84.